The molecule has 0 aliphatic carbocycles. The molecule has 8 heteroatoms. The highest BCUT2D eigenvalue weighted by molar-refractivity contribution is 9.11. The molecule has 0 saturated heterocycles. The summed E-state index contributed by atoms with van der Waals surface area (Å²) in [5.74, 6) is 0. The van der Waals surface area contributed by atoms with Crippen LogP contribution in [0.15, 0.2) is 26.0 Å². The van der Waals surface area contributed by atoms with Crippen LogP contribution in [0.2, 0.25) is 0 Å². The van der Waals surface area contributed by atoms with Crippen LogP contribution >= 0.6 is 31.9 Å². The minimum absolute atomic E-state index is 0.116. The number of benzene rings is 1. The molecule has 114 valence electrons. The second-order valence-electron chi connectivity index (χ2n) is 4.32. The number of hydrogen-bond donors (Lipinski definition) is 2. The van der Waals surface area contributed by atoms with Crippen LogP contribution < -0.4 is 4.72 Å². The molecule has 0 amide bonds. The fourth-order valence-electron chi connectivity index (χ4n) is 1.65. The van der Waals surface area contributed by atoms with E-state index in [1.54, 1.807) is 12.1 Å². The van der Waals surface area contributed by atoms with Crippen LogP contribution in [-0.2, 0) is 14.8 Å². The van der Waals surface area contributed by atoms with Crippen molar-refractivity contribution in [2.24, 2.45) is 0 Å². The third-order valence-corrected chi connectivity index (χ3v) is 6.00. The Morgan fingerprint density at radius 2 is 2.00 bits per heavy atom. The molecule has 1 rings (SSSR count). The van der Waals surface area contributed by atoms with Crippen LogP contribution in [0.25, 0.3) is 0 Å². The maximum atomic E-state index is 12.4. The van der Waals surface area contributed by atoms with Crippen molar-refractivity contribution >= 4 is 41.9 Å². The molecular formula is C12H17Br2NO4S. The summed E-state index contributed by atoms with van der Waals surface area (Å²) in [5.41, 5.74) is 0.930. The number of ether oxygens (including phenoxy) is 1. The summed E-state index contributed by atoms with van der Waals surface area (Å²) in [5, 5.41) is 8.96. The normalized spacial score (nSPS) is 13.4. The average Bonchev–Trinajstić information content (AvgIpc) is 2.33. The van der Waals surface area contributed by atoms with Crippen molar-refractivity contribution in [3.8, 4) is 0 Å². The van der Waals surface area contributed by atoms with Crippen LogP contribution in [0.3, 0.4) is 0 Å². The van der Waals surface area contributed by atoms with Crippen LogP contribution in [0.1, 0.15) is 12.0 Å². The van der Waals surface area contributed by atoms with Gasteiger partial charge in [0.1, 0.15) is 0 Å². The number of methoxy groups -OCH3 is 1. The van der Waals surface area contributed by atoms with E-state index in [2.05, 4.69) is 36.6 Å². The smallest absolute Gasteiger partial charge is 0.242 e. The number of aliphatic hydroxyl groups is 1. The van der Waals surface area contributed by atoms with E-state index in [0.717, 1.165) is 5.56 Å². The van der Waals surface area contributed by atoms with Crippen LogP contribution in [-0.4, -0.2) is 39.9 Å². The number of halogens is 2. The molecule has 0 saturated carbocycles. The molecule has 1 aromatic rings. The van der Waals surface area contributed by atoms with Gasteiger partial charge in [0, 0.05) is 28.7 Å². The summed E-state index contributed by atoms with van der Waals surface area (Å²) >= 11 is 6.59. The first-order valence-corrected chi connectivity index (χ1v) is 8.96. The van der Waals surface area contributed by atoms with Crippen molar-refractivity contribution in [2.75, 3.05) is 20.3 Å². The van der Waals surface area contributed by atoms with Gasteiger partial charge in [-0.3, -0.25) is 0 Å². The monoisotopic (exact) mass is 429 g/mol. The van der Waals surface area contributed by atoms with Crippen molar-refractivity contribution in [2.45, 2.75) is 24.3 Å². The molecule has 0 spiro atoms. The Bertz CT molecular complexity index is 557. The zero-order valence-corrected chi connectivity index (χ0v) is 15.2. The molecule has 0 aromatic heterocycles. The SMILES string of the molecule is COCC(CCO)NS(=O)(=O)c1cc(Br)c(C)cc1Br. The van der Waals surface area contributed by atoms with Gasteiger partial charge in [-0.15, -0.1) is 0 Å². The van der Waals surface area contributed by atoms with Crippen molar-refractivity contribution in [1.29, 1.82) is 0 Å². The highest BCUT2D eigenvalue weighted by atomic mass is 79.9. The molecule has 5 nitrogen and oxygen atoms in total. The van der Waals surface area contributed by atoms with Gasteiger partial charge in [0.25, 0.3) is 0 Å². The number of aryl methyl sites for hydroxylation is 1. The van der Waals surface area contributed by atoms with Gasteiger partial charge in [-0.25, -0.2) is 13.1 Å². The first-order valence-electron chi connectivity index (χ1n) is 5.89. The van der Waals surface area contributed by atoms with E-state index in [0.29, 0.717) is 8.95 Å². The lowest BCUT2D eigenvalue weighted by atomic mass is 10.2. The standard InChI is InChI=1S/C12H17Br2NO4S/c1-8-5-11(14)12(6-10(8)13)20(17,18)15-9(3-4-16)7-19-2/h5-6,9,15-16H,3-4,7H2,1-2H3. The zero-order chi connectivity index (χ0) is 15.3. The van der Waals surface area contributed by atoms with E-state index in [1.165, 1.54) is 7.11 Å². The Labute approximate surface area is 136 Å². The summed E-state index contributed by atoms with van der Waals surface area (Å²) < 4.78 is 33.4. The number of hydrogen-bond acceptors (Lipinski definition) is 4. The molecule has 0 aliphatic rings. The topological polar surface area (TPSA) is 75.6 Å². The van der Waals surface area contributed by atoms with Gasteiger partial charge in [0.2, 0.25) is 10.0 Å². The van der Waals surface area contributed by atoms with E-state index in [9.17, 15) is 8.42 Å². The summed E-state index contributed by atoms with van der Waals surface area (Å²) in [6.45, 7) is 1.96. The second kappa shape index (κ2) is 7.86. The van der Waals surface area contributed by atoms with Gasteiger partial charge in [-0.1, -0.05) is 15.9 Å². The lowest BCUT2D eigenvalue weighted by molar-refractivity contribution is 0.158. The quantitative estimate of drug-likeness (QED) is 0.695. The largest absolute Gasteiger partial charge is 0.396 e. The predicted molar refractivity (Wildman–Crippen MR) is 84.3 cm³/mol. The lowest BCUT2D eigenvalue weighted by Gasteiger charge is -2.18. The Balaban J connectivity index is 3.07. The minimum Gasteiger partial charge on any atom is -0.396 e. The van der Waals surface area contributed by atoms with Crippen molar-refractivity contribution in [3.63, 3.8) is 0 Å². The highest BCUT2D eigenvalue weighted by Gasteiger charge is 2.23. The maximum absolute atomic E-state index is 12.4. The summed E-state index contributed by atoms with van der Waals surface area (Å²) in [7, 11) is -2.21. The van der Waals surface area contributed by atoms with E-state index >= 15 is 0 Å². The van der Waals surface area contributed by atoms with Gasteiger partial charge in [0.05, 0.1) is 11.5 Å². The van der Waals surface area contributed by atoms with Gasteiger partial charge in [-0.05, 0) is 47.0 Å². The molecule has 0 aliphatic heterocycles. The summed E-state index contributed by atoms with van der Waals surface area (Å²) in [4.78, 5) is 0.147. The van der Waals surface area contributed by atoms with Crippen molar-refractivity contribution in [3.05, 3.63) is 26.6 Å². The fourth-order valence-corrected chi connectivity index (χ4v) is 4.58. The molecular weight excluding hydrogens is 414 g/mol. The third-order valence-electron chi connectivity index (χ3n) is 2.67. The summed E-state index contributed by atoms with van der Waals surface area (Å²) in [6, 6.07) is 2.81. The molecule has 20 heavy (non-hydrogen) atoms. The maximum Gasteiger partial charge on any atom is 0.242 e. The van der Waals surface area contributed by atoms with Crippen molar-refractivity contribution < 1.29 is 18.3 Å². The number of aliphatic hydroxyl groups excluding tert-OH is 1. The third kappa shape index (κ3) is 4.78. The van der Waals surface area contributed by atoms with E-state index in [-0.39, 0.29) is 24.5 Å². The van der Waals surface area contributed by atoms with Crippen LogP contribution in [0.4, 0.5) is 0 Å². The first-order chi connectivity index (χ1) is 9.31. The Hall–Kier alpha value is 0.01000. The number of sulfonamides is 1. The Kier molecular flexibility index (Phi) is 7.10. The number of nitrogens with one attached hydrogen (secondary N) is 1. The number of rotatable bonds is 7. The highest BCUT2D eigenvalue weighted by Crippen LogP contribution is 2.28. The van der Waals surface area contributed by atoms with Crippen LogP contribution in [0, 0.1) is 6.92 Å². The molecule has 0 heterocycles. The van der Waals surface area contributed by atoms with E-state index in [4.69, 9.17) is 9.84 Å². The molecule has 0 radical (unpaired) electrons. The summed E-state index contributed by atoms with van der Waals surface area (Å²) in [6.07, 6.45) is 0.289. The van der Waals surface area contributed by atoms with Gasteiger partial charge in [-0.2, -0.15) is 0 Å². The molecule has 1 atom stereocenters. The molecule has 1 unspecified atom stereocenters. The first kappa shape index (κ1) is 18.1. The van der Waals surface area contributed by atoms with E-state index < -0.39 is 16.1 Å². The van der Waals surface area contributed by atoms with E-state index in [1.807, 2.05) is 6.92 Å². The molecule has 2 N–H and O–H groups in total. The molecule has 1 aromatic carbocycles. The minimum atomic E-state index is -3.69. The van der Waals surface area contributed by atoms with Crippen LogP contribution in [0.5, 0.6) is 0 Å². The van der Waals surface area contributed by atoms with Crippen molar-refractivity contribution in [1.82, 2.24) is 4.72 Å². The Morgan fingerprint density at radius 3 is 2.55 bits per heavy atom. The Morgan fingerprint density at radius 1 is 1.35 bits per heavy atom. The van der Waals surface area contributed by atoms with Gasteiger partial charge >= 0.3 is 0 Å². The zero-order valence-electron chi connectivity index (χ0n) is 11.2. The van der Waals surface area contributed by atoms with Gasteiger partial charge < -0.3 is 9.84 Å². The second-order valence-corrected chi connectivity index (χ2v) is 7.71. The average molecular weight is 431 g/mol. The lowest BCUT2D eigenvalue weighted by Crippen LogP contribution is -2.38. The van der Waals surface area contributed by atoms with Gasteiger partial charge in [0.15, 0.2) is 0 Å². The molecule has 0 fully saturated rings. The fraction of sp³-hybridized carbons (Fsp3) is 0.500. The predicted octanol–water partition coefficient (Wildman–Crippen LogP) is 2.20. The molecule has 0 bridgehead atoms.